The Kier molecular flexibility index (Phi) is 5.44. The van der Waals surface area contributed by atoms with E-state index in [1.807, 2.05) is 6.92 Å². The average Bonchev–Trinajstić information content (AvgIpc) is 2.14. The van der Waals surface area contributed by atoms with E-state index in [2.05, 4.69) is 39.8 Å². The predicted octanol–water partition coefficient (Wildman–Crippen LogP) is 3.90. The van der Waals surface area contributed by atoms with Crippen molar-refractivity contribution in [1.29, 1.82) is 0 Å². The van der Waals surface area contributed by atoms with E-state index in [4.69, 9.17) is 0 Å². The van der Waals surface area contributed by atoms with E-state index in [9.17, 15) is 4.79 Å². The molecule has 0 saturated carbocycles. The maximum absolute atomic E-state index is 10.6. The average molecular weight is 194 g/mol. The molecule has 1 heteroatoms. The molecular weight excluding hydrogens is 172 g/mol. The van der Waals surface area contributed by atoms with Crippen molar-refractivity contribution in [3.8, 4) is 0 Å². The normalized spacial score (nSPS) is 15.9. The van der Waals surface area contributed by atoms with Gasteiger partial charge in [-0.25, -0.2) is 0 Å². The second-order valence-corrected chi connectivity index (χ2v) is 4.50. The fraction of sp³-hybridized carbons (Fsp3) is 0.615. The van der Waals surface area contributed by atoms with Gasteiger partial charge in [-0.3, -0.25) is 4.79 Å². The van der Waals surface area contributed by atoms with Gasteiger partial charge >= 0.3 is 0 Å². The van der Waals surface area contributed by atoms with Crippen LogP contribution in [0.25, 0.3) is 0 Å². The molecule has 0 heterocycles. The van der Waals surface area contributed by atoms with Crippen molar-refractivity contribution < 1.29 is 4.79 Å². The minimum Gasteiger partial charge on any atom is -0.298 e. The third kappa shape index (κ3) is 5.00. The van der Waals surface area contributed by atoms with Crippen molar-refractivity contribution in [2.75, 3.05) is 0 Å². The van der Waals surface area contributed by atoms with Crippen LogP contribution in [0.4, 0.5) is 0 Å². The summed E-state index contributed by atoms with van der Waals surface area (Å²) in [7, 11) is 0. The molecule has 80 valence electrons. The Balaban J connectivity index is 4.63. The van der Waals surface area contributed by atoms with E-state index < -0.39 is 0 Å². The number of hydrogen-bond acceptors (Lipinski definition) is 1. The number of hydrogen-bond donors (Lipinski definition) is 0. The lowest BCUT2D eigenvalue weighted by Gasteiger charge is -2.23. The second kappa shape index (κ2) is 5.79. The number of rotatable bonds is 5. The largest absolute Gasteiger partial charge is 0.298 e. The molecule has 0 aromatic carbocycles. The first-order valence-electron chi connectivity index (χ1n) is 5.21. The molecule has 0 aliphatic carbocycles. The van der Waals surface area contributed by atoms with Crippen molar-refractivity contribution >= 4 is 6.29 Å². The summed E-state index contributed by atoms with van der Waals surface area (Å²) in [4.78, 5) is 10.6. The standard InChI is InChI=1S/C13H22O/c1-6-13(5,8-7-11(2)3)9-12(4)10-14/h7,9-10H,6,8H2,1-5H3. The van der Waals surface area contributed by atoms with Gasteiger partial charge in [-0.2, -0.15) is 0 Å². The zero-order chi connectivity index (χ0) is 11.2. The molecule has 0 fully saturated rings. The quantitative estimate of drug-likeness (QED) is 0.368. The summed E-state index contributed by atoms with van der Waals surface area (Å²) in [5, 5.41) is 0. The molecule has 0 aromatic rings. The monoisotopic (exact) mass is 194 g/mol. The summed E-state index contributed by atoms with van der Waals surface area (Å²) in [6.07, 6.45) is 7.31. The highest BCUT2D eigenvalue weighted by atomic mass is 16.1. The molecule has 1 atom stereocenters. The third-order valence-corrected chi connectivity index (χ3v) is 2.55. The van der Waals surface area contributed by atoms with Crippen molar-refractivity contribution in [3.63, 3.8) is 0 Å². The van der Waals surface area contributed by atoms with E-state index in [0.717, 1.165) is 24.7 Å². The van der Waals surface area contributed by atoms with Crippen molar-refractivity contribution in [1.82, 2.24) is 0 Å². The highest BCUT2D eigenvalue weighted by molar-refractivity contribution is 5.72. The molecule has 0 bridgehead atoms. The van der Waals surface area contributed by atoms with E-state index in [0.29, 0.717) is 0 Å². The van der Waals surface area contributed by atoms with Gasteiger partial charge in [0.25, 0.3) is 0 Å². The SMILES string of the molecule is CCC(C)(C=C(C)C=O)CC=C(C)C. The summed E-state index contributed by atoms with van der Waals surface area (Å²) in [6.45, 7) is 10.4. The molecule has 14 heavy (non-hydrogen) atoms. The molecule has 0 amide bonds. The molecule has 0 spiro atoms. The molecule has 1 unspecified atom stereocenters. The van der Waals surface area contributed by atoms with Crippen LogP contribution in [0.2, 0.25) is 0 Å². The smallest absolute Gasteiger partial charge is 0.145 e. The Morgan fingerprint density at radius 3 is 2.21 bits per heavy atom. The van der Waals surface area contributed by atoms with Crippen LogP contribution in [0.3, 0.4) is 0 Å². The van der Waals surface area contributed by atoms with Crippen LogP contribution in [0.5, 0.6) is 0 Å². The Morgan fingerprint density at radius 2 is 1.86 bits per heavy atom. The fourth-order valence-electron chi connectivity index (χ4n) is 1.33. The summed E-state index contributed by atoms with van der Waals surface area (Å²) in [6, 6.07) is 0. The van der Waals surface area contributed by atoms with Crippen LogP contribution in [0.1, 0.15) is 47.5 Å². The number of allylic oxidation sites excluding steroid dienone is 4. The summed E-state index contributed by atoms with van der Waals surface area (Å²) < 4.78 is 0. The maximum atomic E-state index is 10.6. The molecule has 0 aliphatic rings. The first-order chi connectivity index (χ1) is 6.43. The van der Waals surface area contributed by atoms with E-state index in [-0.39, 0.29) is 5.41 Å². The zero-order valence-electron chi connectivity index (χ0n) is 10.1. The van der Waals surface area contributed by atoms with Crippen LogP contribution in [0, 0.1) is 5.41 Å². The molecule has 0 N–H and O–H groups in total. The van der Waals surface area contributed by atoms with Crippen LogP contribution < -0.4 is 0 Å². The molecule has 1 nitrogen and oxygen atoms in total. The van der Waals surface area contributed by atoms with Gasteiger partial charge in [-0.1, -0.05) is 31.6 Å². The number of carbonyl (C=O) groups excluding carboxylic acids is 1. The van der Waals surface area contributed by atoms with Gasteiger partial charge in [-0.15, -0.1) is 0 Å². The first-order valence-corrected chi connectivity index (χ1v) is 5.21. The topological polar surface area (TPSA) is 17.1 Å². The van der Waals surface area contributed by atoms with E-state index >= 15 is 0 Å². The van der Waals surface area contributed by atoms with Gasteiger partial charge in [0.15, 0.2) is 0 Å². The van der Waals surface area contributed by atoms with Crippen LogP contribution in [0.15, 0.2) is 23.3 Å². The first kappa shape index (κ1) is 13.2. The lowest BCUT2D eigenvalue weighted by Crippen LogP contribution is -2.11. The Bertz CT molecular complexity index is 244. The lowest BCUT2D eigenvalue weighted by atomic mass is 9.82. The predicted molar refractivity (Wildman–Crippen MR) is 62.3 cm³/mol. The lowest BCUT2D eigenvalue weighted by molar-refractivity contribution is -0.104. The van der Waals surface area contributed by atoms with Crippen molar-refractivity contribution in [2.24, 2.45) is 5.41 Å². The van der Waals surface area contributed by atoms with E-state index in [1.165, 1.54) is 5.57 Å². The summed E-state index contributed by atoms with van der Waals surface area (Å²) in [5.74, 6) is 0. The van der Waals surface area contributed by atoms with Gasteiger partial charge < -0.3 is 0 Å². The van der Waals surface area contributed by atoms with Gasteiger partial charge in [0.2, 0.25) is 0 Å². The van der Waals surface area contributed by atoms with Gasteiger partial charge in [0.05, 0.1) is 0 Å². The zero-order valence-corrected chi connectivity index (χ0v) is 10.1. The Hall–Kier alpha value is -0.850. The van der Waals surface area contributed by atoms with Crippen molar-refractivity contribution in [2.45, 2.75) is 47.5 Å². The third-order valence-electron chi connectivity index (χ3n) is 2.55. The second-order valence-electron chi connectivity index (χ2n) is 4.50. The number of carbonyl (C=O) groups is 1. The molecule has 0 aromatic heterocycles. The maximum Gasteiger partial charge on any atom is 0.145 e. The highest BCUT2D eigenvalue weighted by Crippen LogP contribution is 2.29. The number of aldehydes is 1. The van der Waals surface area contributed by atoms with Crippen LogP contribution in [-0.2, 0) is 4.79 Å². The van der Waals surface area contributed by atoms with Gasteiger partial charge in [0, 0.05) is 0 Å². The Morgan fingerprint density at radius 1 is 1.29 bits per heavy atom. The van der Waals surface area contributed by atoms with Gasteiger partial charge in [-0.05, 0) is 44.6 Å². The highest BCUT2D eigenvalue weighted by Gasteiger charge is 2.17. The minimum atomic E-state index is 0.127. The molecule has 0 aliphatic heterocycles. The van der Waals surface area contributed by atoms with Gasteiger partial charge in [0.1, 0.15) is 6.29 Å². The molecular formula is C13H22O. The molecule has 0 saturated heterocycles. The van der Waals surface area contributed by atoms with Crippen LogP contribution >= 0.6 is 0 Å². The minimum absolute atomic E-state index is 0.127. The van der Waals surface area contributed by atoms with Crippen molar-refractivity contribution in [3.05, 3.63) is 23.3 Å². The Labute approximate surface area is 87.9 Å². The fourth-order valence-corrected chi connectivity index (χ4v) is 1.33. The van der Waals surface area contributed by atoms with E-state index in [1.54, 1.807) is 0 Å². The molecule has 0 radical (unpaired) electrons. The summed E-state index contributed by atoms with van der Waals surface area (Å²) >= 11 is 0. The molecule has 0 rings (SSSR count). The summed E-state index contributed by atoms with van der Waals surface area (Å²) in [5.41, 5.74) is 2.29. The van der Waals surface area contributed by atoms with Crippen LogP contribution in [-0.4, -0.2) is 6.29 Å².